The number of morpholine rings is 1. The van der Waals surface area contributed by atoms with Gasteiger partial charge in [0.1, 0.15) is 6.04 Å². The van der Waals surface area contributed by atoms with Crippen molar-refractivity contribution in [2.45, 2.75) is 13.0 Å². The molecule has 0 bridgehead atoms. The topological polar surface area (TPSA) is 79.0 Å². The van der Waals surface area contributed by atoms with Crippen LogP contribution in [0, 0.1) is 0 Å². The third-order valence-corrected chi connectivity index (χ3v) is 5.85. The lowest BCUT2D eigenvalue weighted by Gasteiger charge is -2.30. The van der Waals surface area contributed by atoms with Crippen LogP contribution in [0.15, 0.2) is 18.2 Å². The van der Waals surface area contributed by atoms with Gasteiger partial charge in [-0.05, 0) is 25.1 Å². The molecule has 0 saturated carbocycles. The minimum absolute atomic E-state index is 0.178. The Morgan fingerprint density at radius 3 is 2.62 bits per heavy atom. The molecule has 10 heteroatoms. The summed E-state index contributed by atoms with van der Waals surface area (Å²) in [4.78, 5) is 14.7. The monoisotopic (exact) mass is 423 g/mol. The van der Waals surface area contributed by atoms with E-state index < -0.39 is 22.0 Å². The third kappa shape index (κ3) is 5.72. The van der Waals surface area contributed by atoms with Crippen LogP contribution in [0.5, 0.6) is 0 Å². The van der Waals surface area contributed by atoms with Gasteiger partial charge in [0.15, 0.2) is 0 Å². The van der Waals surface area contributed by atoms with Crippen molar-refractivity contribution < 1.29 is 17.9 Å². The van der Waals surface area contributed by atoms with Crippen molar-refractivity contribution in [3.05, 3.63) is 28.2 Å². The van der Waals surface area contributed by atoms with Crippen LogP contribution >= 0.6 is 23.2 Å². The number of carbonyl (C=O) groups excluding carboxylic acids is 1. The molecule has 0 unspecified atom stereocenters. The molecule has 1 fully saturated rings. The second kappa shape index (κ2) is 9.23. The number of ether oxygens (including phenoxy) is 1. The molecule has 2 rings (SSSR count). The maximum atomic E-state index is 12.5. The zero-order valence-corrected chi connectivity index (χ0v) is 17.1. The molecular weight excluding hydrogens is 401 g/mol. The number of hydrogen-bond donors (Lipinski definition) is 1. The summed E-state index contributed by atoms with van der Waals surface area (Å²) >= 11 is 12.1. The zero-order valence-electron chi connectivity index (χ0n) is 14.7. The molecule has 1 heterocycles. The second-order valence-electron chi connectivity index (χ2n) is 6.08. The van der Waals surface area contributed by atoms with E-state index in [4.69, 9.17) is 27.9 Å². The first-order valence-electron chi connectivity index (χ1n) is 8.22. The highest BCUT2D eigenvalue weighted by atomic mass is 35.5. The molecule has 0 spiro atoms. The van der Waals surface area contributed by atoms with Gasteiger partial charge in [-0.3, -0.25) is 14.0 Å². The quantitative estimate of drug-likeness (QED) is 0.720. The lowest BCUT2D eigenvalue weighted by molar-refractivity contribution is -0.121. The maximum absolute atomic E-state index is 12.5. The summed E-state index contributed by atoms with van der Waals surface area (Å²) in [5.74, 6) is -0.403. The van der Waals surface area contributed by atoms with E-state index in [-0.39, 0.29) is 10.7 Å². The SMILES string of the molecule is C[C@H](C(=O)NCCN1CCOCC1)N(c1cc(Cl)ccc1Cl)S(C)(=O)=O. The van der Waals surface area contributed by atoms with Crippen molar-refractivity contribution in [1.29, 1.82) is 0 Å². The first-order valence-corrected chi connectivity index (χ1v) is 10.8. The molecule has 1 aromatic carbocycles. The van der Waals surface area contributed by atoms with Crippen molar-refractivity contribution in [2.24, 2.45) is 0 Å². The third-order valence-electron chi connectivity index (χ3n) is 4.07. The van der Waals surface area contributed by atoms with Crippen LogP contribution in [0.4, 0.5) is 5.69 Å². The van der Waals surface area contributed by atoms with Gasteiger partial charge in [-0.2, -0.15) is 0 Å². The Balaban J connectivity index is 2.07. The Morgan fingerprint density at radius 2 is 2.00 bits per heavy atom. The molecule has 1 saturated heterocycles. The number of sulfonamides is 1. The van der Waals surface area contributed by atoms with Gasteiger partial charge < -0.3 is 10.1 Å². The number of nitrogens with zero attached hydrogens (tertiary/aromatic N) is 2. The van der Waals surface area contributed by atoms with Crippen LogP contribution in [0.2, 0.25) is 10.0 Å². The molecule has 1 N–H and O–H groups in total. The molecule has 1 amide bonds. The van der Waals surface area contributed by atoms with Crippen molar-refractivity contribution >= 4 is 44.8 Å². The molecule has 26 heavy (non-hydrogen) atoms. The number of halogens is 2. The summed E-state index contributed by atoms with van der Waals surface area (Å²) in [6, 6.07) is 3.52. The highest BCUT2D eigenvalue weighted by Gasteiger charge is 2.30. The first kappa shape index (κ1) is 21.2. The molecule has 7 nitrogen and oxygen atoms in total. The summed E-state index contributed by atoms with van der Waals surface area (Å²) < 4.78 is 30.8. The van der Waals surface area contributed by atoms with E-state index in [0.29, 0.717) is 31.3 Å². The number of hydrogen-bond acceptors (Lipinski definition) is 5. The number of nitrogens with one attached hydrogen (secondary N) is 1. The van der Waals surface area contributed by atoms with Crippen molar-refractivity contribution in [1.82, 2.24) is 10.2 Å². The standard InChI is InChI=1S/C16H23Cl2N3O4S/c1-12(16(22)19-5-6-20-7-9-25-10-8-20)21(26(2,23)24)15-11-13(17)3-4-14(15)18/h3-4,11-12H,5-10H2,1-2H3,(H,19,22)/t12-/m1/s1. The highest BCUT2D eigenvalue weighted by molar-refractivity contribution is 7.92. The van der Waals surface area contributed by atoms with Gasteiger partial charge in [-0.25, -0.2) is 8.42 Å². The smallest absolute Gasteiger partial charge is 0.243 e. The Bertz CT molecular complexity index is 739. The summed E-state index contributed by atoms with van der Waals surface area (Å²) in [7, 11) is -3.74. The van der Waals surface area contributed by atoms with E-state index >= 15 is 0 Å². The van der Waals surface area contributed by atoms with E-state index in [2.05, 4.69) is 10.2 Å². The molecule has 0 aliphatic carbocycles. The Hall–Kier alpha value is -1.06. The van der Waals surface area contributed by atoms with Crippen LogP contribution in [0.1, 0.15) is 6.92 Å². The fourth-order valence-electron chi connectivity index (χ4n) is 2.75. The normalized spacial score (nSPS) is 16.9. The summed E-state index contributed by atoms with van der Waals surface area (Å²) in [6.45, 7) is 5.61. The minimum atomic E-state index is -3.74. The molecule has 1 aliphatic rings. The number of rotatable bonds is 7. The van der Waals surface area contributed by atoms with Gasteiger partial charge >= 0.3 is 0 Å². The average Bonchev–Trinajstić information content (AvgIpc) is 2.57. The lowest BCUT2D eigenvalue weighted by atomic mass is 10.2. The molecule has 1 aromatic rings. The summed E-state index contributed by atoms with van der Waals surface area (Å²) in [6.07, 6.45) is 1.03. The second-order valence-corrected chi connectivity index (χ2v) is 8.78. The number of anilines is 1. The van der Waals surface area contributed by atoms with Gasteiger partial charge in [0.05, 0.1) is 30.2 Å². The van der Waals surface area contributed by atoms with Gasteiger partial charge in [-0.15, -0.1) is 0 Å². The fourth-order valence-corrected chi connectivity index (χ4v) is 4.35. The summed E-state index contributed by atoms with van der Waals surface area (Å²) in [5, 5.41) is 3.32. The summed E-state index contributed by atoms with van der Waals surface area (Å²) in [5.41, 5.74) is 0.178. The van der Waals surface area contributed by atoms with E-state index in [1.807, 2.05) is 0 Å². The van der Waals surface area contributed by atoms with Crippen LogP contribution in [0.3, 0.4) is 0 Å². The lowest BCUT2D eigenvalue weighted by Crippen LogP contribution is -2.49. The molecule has 1 aliphatic heterocycles. The molecule has 0 aromatic heterocycles. The Labute approximate surface area is 164 Å². The first-order chi connectivity index (χ1) is 12.2. The zero-order chi connectivity index (χ0) is 19.3. The molecule has 1 atom stereocenters. The van der Waals surface area contributed by atoms with Gasteiger partial charge in [0.2, 0.25) is 15.9 Å². The fraction of sp³-hybridized carbons (Fsp3) is 0.562. The van der Waals surface area contributed by atoms with Gasteiger partial charge in [0.25, 0.3) is 0 Å². The van der Waals surface area contributed by atoms with E-state index in [1.165, 1.54) is 19.1 Å². The van der Waals surface area contributed by atoms with Crippen LogP contribution in [0.25, 0.3) is 0 Å². The number of carbonyl (C=O) groups is 1. The van der Waals surface area contributed by atoms with E-state index in [9.17, 15) is 13.2 Å². The van der Waals surface area contributed by atoms with Crippen molar-refractivity contribution in [2.75, 3.05) is 50.0 Å². The van der Waals surface area contributed by atoms with Gasteiger partial charge in [0, 0.05) is 31.2 Å². The minimum Gasteiger partial charge on any atom is -0.379 e. The number of benzene rings is 1. The Morgan fingerprint density at radius 1 is 1.35 bits per heavy atom. The maximum Gasteiger partial charge on any atom is 0.243 e. The van der Waals surface area contributed by atoms with Crippen LogP contribution < -0.4 is 9.62 Å². The number of amides is 1. The molecule has 0 radical (unpaired) electrons. The average molecular weight is 424 g/mol. The molecular formula is C16H23Cl2N3O4S. The Kier molecular flexibility index (Phi) is 7.54. The highest BCUT2D eigenvalue weighted by Crippen LogP contribution is 2.32. The largest absolute Gasteiger partial charge is 0.379 e. The van der Waals surface area contributed by atoms with Crippen molar-refractivity contribution in [3.8, 4) is 0 Å². The predicted molar refractivity (Wildman–Crippen MR) is 104 cm³/mol. The van der Waals surface area contributed by atoms with E-state index in [1.54, 1.807) is 6.07 Å². The van der Waals surface area contributed by atoms with E-state index in [0.717, 1.165) is 23.7 Å². The van der Waals surface area contributed by atoms with Crippen LogP contribution in [-0.4, -0.2) is 70.9 Å². The predicted octanol–water partition coefficient (Wildman–Crippen LogP) is 1.60. The van der Waals surface area contributed by atoms with Crippen LogP contribution in [-0.2, 0) is 19.6 Å². The van der Waals surface area contributed by atoms with Gasteiger partial charge in [-0.1, -0.05) is 23.2 Å². The molecule has 146 valence electrons. The van der Waals surface area contributed by atoms with Crippen molar-refractivity contribution in [3.63, 3.8) is 0 Å².